The van der Waals surface area contributed by atoms with Crippen molar-refractivity contribution in [3.8, 4) is 28.6 Å². The van der Waals surface area contributed by atoms with Crippen molar-refractivity contribution in [2.24, 2.45) is 0 Å². The van der Waals surface area contributed by atoms with E-state index in [2.05, 4.69) is 15.5 Å². The van der Waals surface area contributed by atoms with E-state index < -0.39 is 11.9 Å². The van der Waals surface area contributed by atoms with Gasteiger partial charge >= 0.3 is 0 Å². The molecule has 1 unspecified atom stereocenters. The zero-order valence-corrected chi connectivity index (χ0v) is 19.4. The number of thiocarbonyl (C=S) groups is 1. The number of ether oxygens (including phenoxy) is 2. The molecule has 0 saturated carbocycles. The topological polar surface area (TPSA) is 92.9 Å². The van der Waals surface area contributed by atoms with Gasteiger partial charge in [0.25, 0.3) is 5.89 Å². The van der Waals surface area contributed by atoms with Gasteiger partial charge in [-0.1, -0.05) is 11.2 Å². The van der Waals surface area contributed by atoms with Gasteiger partial charge in [0.1, 0.15) is 0 Å². The molecule has 1 aliphatic heterocycles. The molecule has 33 heavy (non-hydrogen) atoms. The molecule has 1 aromatic heterocycles. The molecular weight excluding hydrogens is 447 g/mol. The molecule has 1 atom stereocenters. The van der Waals surface area contributed by atoms with Gasteiger partial charge in [-0.3, -0.25) is 0 Å². The van der Waals surface area contributed by atoms with Crippen LogP contribution in [0, 0.1) is 5.82 Å². The number of hydrogen-bond donors (Lipinski definition) is 2. The van der Waals surface area contributed by atoms with E-state index in [-0.39, 0.29) is 23.2 Å². The van der Waals surface area contributed by atoms with Crippen LogP contribution in [-0.4, -0.2) is 46.0 Å². The Labute approximate surface area is 195 Å². The molecule has 2 N–H and O–H groups in total. The number of halogens is 1. The van der Waals surface area contributed by atoms with Gasteiger partial charge < -0.3 is 29.3 Å². The number of rotatable bonds is 6. The van der Waals surface area contributed by atoms with Gasteiger partial charge in [-0.15, -0.1) is 0 Å². The largest absolute Gasteiger partial charge is 0.504 e. The first-order valence-electron chi connectivity index (χ1n) is 10.2. The third-order valence-electron chi connectivity index (χ3n) is 5.52. The summed E-state index contributed by atoms with van der Waals surface area (Å²) in [6, 6.07) is 9.09. The predicted octanol–water partition coefficient (Wildman–Crippen LogP) is 4.28. The van der Waals surface area contributed by atoms with E-state index in [1.807, 2.05) is 24.8 Å². The van der Waals surface area contributed by atoms with Crippen molar-refractivity contribution in [1.29, 1.82) is 0 Å². The molecule has 0 fully saturated rings. The van der Waals surface area contributed by atoms with Crippen LogP contribution in [0.1, 0.15) is 31.3 Å². The first-order chi connectivity index (χ1) is 15.9. The number of nitrogens with zero attached hydrogens (tertiary/aromatic N) is 3. The summed E-state index contributed by atoms with van der Waals surface area (Å²) in [7, 11) is 2.89. The summed E-state index contributed by atoms with van der Waals surface area (Å²) in [6.45, 7) is 4.53. The first-order valence-corrected chi connectivity index (χ1v) is 10.6. The van der Waals surface area contributed by atoms with Crippen LogP contribution >= 0.6 is 12.2 Å². The van der Waals surface area contributed by atoms with E-state index in [9.17, 15) is 9.50 Å². The SMILES string of the molecule is CCN1C(=S)NC(c2ccc(OC)c(O)c2)C(c2nc(-c3ccc(OC)c(F)c3)no2)=C1C. The number of hydrogen-bond acceptors (Lipinski definition) is 7. The first kappa shape index (κ1) is 22.5. The lowest BCUT2D eigenvalue weighted by Crippen LogP contribution is -2.45. The number of benzene rings is 2. The van der Waals surface area contributed by atoms with Gasteiger partial charge in [0.2, 0.25) is 5.82 Å². The van der Waals surface area contributed by atoms with E-state index in [1.165, 1.54) is 26.4 Å². The summed E-state index contributed by atoms with van der Waals surface area (Å²) in [5, 5.41) is 18.2. The number of allylic oxidation sites excluding steroid dienone is 1. The summed E-state index contributed by atoms with van der Waals surface area (Å²) in [4.78, 5) is 6.45. The van der Waals surface area contributed by atoms with Gasteiger partial charge in [0.15, 0.2) is 28.2 Å². The summed E-state index contributed by atoms with van der Waals surface area (Å²) in [5.41, 5.74) is 2.71. The molecule has 8 nitrogen and oxygen atoms in total. The van der Waals surface area contributed by atoms with E-state index in [1.54, 1.807) is 18.2 Å². The third-order valence-corrected chi connectivity index (χ3v) is 5.85. The molecule has 0 saturated heterocycles. The van der Waals surface area contributed by atoms with Gasteiger partial charge in [0, 0.05) is 17.8 Å². The van der Waals surface area contributed by atoms with Crippen LogP contribution in [-0.2, 0) is 0 Å². The maximum atomic E-state index is 14.2. The molecule has 3 aromatic rings. The Bertz CT molecular complexity index is 1240. The van der Waals surface area contributed by atoms with Gasteiger partial charge in [-0.25, -0.2) is 4.39 Å². The number of phenolic OH excluding ortho intramolecular Hbond substituents is 1. The van der Waals surface area contributed by atoms with E-state index in [4.69, 9.17) is 26.2 Å². The lowest BCUT2D eigenvalue weighted by Gasteiger charge is -2.36. The minimum Gasteiger partial charge on any atom is -0.504 e. The lowest BCUT2D eigenvalue weighted by molar-refractivity contribution is 0.372. The zero-order valence-electron chi connectivity index (χ0n) is 18.5. The van der Waals surface area contributed by atoms with Gasteiger partial charge in [-0.05, 0) is 62.0 Å². The Morgan fingerprint density at radius 3 is 2.55 bits per heavy atom. The number of nitrogens with one attached hydrogen (secondary N) is 1. The van der Waals surface area contributed by atoms with Crippen molar-refractivity contribution in [2.75, 3.05) is 20.8 Å². The maximum Gasteiger partial charge on any atom is 0.258 e. The Morgan fingerprint density at radius 2 is 1.91 bits per heavy atom. The molecule has 10 heteroatoms. The fraction of sp³-hybridized carbons (Fsp3) is 0.261. The number of aromatic nitrogens is 2. The van der Waals surface area contributed by atoms with Crippen molar-refractivity contribution < 1.29 is 23.5 Å². The second kappa shape index (κ2) is 9.07. The van der Waals surface area contributed by atoms with E-state index in [0.29, 0.717) is 28.5 Å². The molecular formula is C23H23FN4O4S. The number of phenols is 1. The Kier molecular flexibility index (Phi) is 6.19. The van der Waals surface area contributed by atoms with Crippen molar-refractivity contribution in [3.05, 3.63) is 59.4 Å². The molecule has 0 spiro atoms. The Hall–Kier alpha value is -3.66. The quantitative estimate of drug-likeness (QED) is 0.512. The Balaban J connectivity index is 1.80. The second-order valence-corrected chi connectivity index (χ2v) is 7.72. The summed E-state index contributed by atoms with van der Waals surface area (Å²) < 4.78 is 29.9. The van der Waals surface area contributed by atoms with Crippen molar-refractivity contribution in [3.63, 3.8) is 0 Å². The van der Waals surface area contributed by atoms with Crippen LogP contribution in [0.3, 0.4) is 0 Å². The summed E-state index contributed by atoms with van der Waals surface area (Å²) in [5.74, 6) is 0.453. The smallest absolute Gasteiger partial charge is 0.258 e. The highest BCUT2D eigenvalue weighted by Gasteiger charge is 2.34. The fourth-order valence-electron chi connectivity index (χ4n) is 3.83. The highest BCUT2D eigenvalue weighted by atomic mass is 32.1. The normalized spacial score (nSPS) is 16.1. The predicted molar refractivity (Wildman–Crippen MR) is 124 cm³/mol. The average molecular weight is 471 g/mol. The van der Waals surface area contributed by atoms with E-state index in [0.717, 1.165) is 11.3 Å². The van der Waals surface area contributed by atoms with Crippen molar-refractivity contribution in [1.82, 2.24) is 20.4 Å². The monoisotopic (exact) mass is 470 g/mol. The van der Waals surface area contributed by atoms with Crippen LogP contribution in [0.25, 0.3) is 17.0 Å². The highest BCUT2D eigenvalue weighted by molar-refractivity contribution is 7.80. The van der Waals surface area contributed by atoms with Gasteiger partial charge in [-0.2, -0.15) is 4.98 Å². The summed E-state index contributed by atoms with van der Waals surface area (Å²) in [6.07, 6.45) is 0. The minimum absolute atomic E-state index is 0.00225. The van der Waals surface area contributed by atoms with Crippen molar-refractivity contribution in [2.45, 2.75) is 19.9 Å². The number of methoxy groups -OCH3 is 2. The molecule has 4 rings (SSSR count). The molecule has 0 bridgehead atoms. The Morgan fingerprint density at radius 1 is 1.18 bits per heavy atom. The van der Waals surface area contributed by atoms with Gasteiger partial charge in [0.05, 0.1) is 25.8 Å². The highest BCUT2D eigenvalue weighted by Crippen LogP contribution is 2.39. The molecule has 0 amide bonds. The lowest BCUT2D eigenvalue weighted by atomic mass is 9.94. The zero-order chi connectivity index (χ0) is 23.7. The minimum atomic E-state index is -0.523. The molecule has 1 aliphatic rings. The van der Waals surface area contributed by atoms with Crippen molar-refractivity contribution >= 4 is 22.9 Å². The van der Waals surface area contributed by atoms with Crippen LogP contribution in [0.15, 0.2) is 46.6 Å². The molecule has 172 valence electrons. The average Bonchev–Trinajstić information content (AvgIpc) is 3.28. The maximum absolute atomic E-state index is 14.2. The van der Waals surface area contributed by atoms with Crippen LogP contribution in [0.5, 0.6) is 17.2 Å². The standard InChI is InChI=1S/C23H23FN4O4S/c1-5-28-12(2)19(20(25-23(28)33)13-6-9-18(31-4)16(29)11-13)22-26-21(27-32-22)14-7-8-17(30-3)15(24)10-14/h6-11,20,29H,5H2,1-4H3,(H,25,33). The molecule has 0 aliphatic carbocycles. The van der Waals surface area contributed by atoms with Crippen LogP contribution in [0.2, 0.25) is 0 Å². The van der Waals surface area contributed by atoms with Crippen LogP contribution < -0.4 is 14.8 Å². The fourth-order valence-corrected chi connectivity index (χ4v) is 4.22. The summed E-state index contributed by atoms with van der Waals surface area (Å²) >= 11 is 5.56. The molecule has 2 heterocycles. The number of aromatic hydroxyl groups is 1. The second-order valence-electron chi connectivity index (χ2n) is 7.33. The van der Waals surface area contributed by atoms with Crippen LogP contribution in [0.4, 0.5) is 4.39 Å². The third kappa shape index (κ3) is 4.09. The molecule has 2 aromatic carbocycles. The molecule has 0 radical (unpaired) electrons. The van der Waals surface area contributed by atoms with E-state index >= 15 is 0 Å².